The zero-order chi connectivity index (χ0) is 16.3. The van der Waals surface area contributed by atoms with Gasteiger partial charge in [0, 0.05) is 15.5 Å². The second-order valence-electron chi connectivity index (χ2n) is 4.51. The van der Waals surface area contributed by atoms with Gasteiger partial charge >= 0.3 is 0 Å². The van der Waals surface area contributed by atoms with E-state index in [1.807, 2.05) is 13.8 Å². The minimum absolute atomic E-state index is 0.151. The van der Waals surface area contributed by atoms with Crippen LogP contribution in [0.3, 0.4) is 0 Å². The summed E-state index contributed by atoms with van der Waals surface area (Å²) < 4.78 is 0. The van der Waals surface area contributed by atoms with Crippen molar-refractivity contribution in [2.24, 2.45) is 0 Å². The number of carbonyl (C=O) groups excluding carboxylic acids is 1. The summed E-state index contributed by atoms with van der Waals surface area (Å²) in [6.07, 6.45) is 0. The maximum atomic E-state index is 12.0. The number of anilines is 1. The van der Waals surface area contributed by atoms with Crippen LogP contribution in [0.4, 0.5) is 5.00 Å². The Morgan fingerprint density at radius 2 is 1.95 bits per heavy atom. The van der Waals surface area contributed by atoms with Crippen LogP contribution in [0, 0.1) is 25.2 Å². The van der Waals surface area contributed by atoms with Gasteiger partial charge in [0.1, 0.15) is 11.1 Å². The highest BCUT2D eigenvalue weighted by Gasteiger charge is 2.14. The second-order valence-corrected chi connectivity index (χ2v) is 6.58. The Morgan fingerprint density at radius 3 is 2.55 bits per heavy atom. The molecule has 1 amide bonds. The quantitative estimate of drug-likeness (QED) is 0.804. The molecule has 22 heavy (non-hydrogen) atoms. The van der Waals surface area contributed by atoms with Crippen LogP contribution in [0.5, 0.6) is 0 Å². The molecule has 2 N–H and O–H groups in total. The van der Waals surface area contributed by atoms with Gasteiger partial charge in [0.15, 0.2) is 5.11 Å². The molecule has 2 rings (SSSR count). The third-order valence-corrected chi connectivity index (χ3v) is 4.64. The smallest absolute Gasteiger partial charge is 0.257 e. The predicted molar refractivity (Wildman–Crippen MR) is 93.6 cm³/mol. The fraction of sp³-hybridized carbons (Fsp3) is 0.133. The number of thiophene rings is 1. The maximum absolute atomic E-state index is 12.0. The molecule has 0 fully saturated rings. The molecule has 0 aliphatic carbocycles. The van der Waals surface area contributed by atoms with Crippen LogP contribution in [-0.4, -0.2) is 11.0 Å². The molecule has 112 valence electrons. The standard InChI is InChI=1S/C15H12ClN3OS2/c1-8-9(2)22-14(12(8)7-17)19-15(21)18-13(20)10-3-5-11(16)6-4-10/h3-6H,1-2H3,(H2,18,19,20,21). The normalized spacial score (nSPS) is 9.91. The van der Waals surface area contributed by atoms with Crippen molar-refractivity contribution < 1.29 is 4.79 Å². The Kier molecular flexibility index (Phi) is 5.14. The lowest BCUT2D eigenvalue weighted by atomic mass is 10.2. The van der Waals surface area contributed by atoms with E-state index in [1.165, 1.54) is 11.3 Å². The first-order valence-corrected chi connectivity index (χ1v) is 7.90. The lowest BCUT2D eigenvalue weighted by Gasteiger charge is -2.08. The van der Waals surface area contributed by atoms with E-state index in [-0.39, 0.29) is 11.0 Å². The van der Waals surface area contributed by atoms with E-state index in [0.717, 1.165) is 10.4 Å². The molecule has 0 saturated carbocycles. The van der Waals surface area contributed by atoms with E-state index in [9.17, 15) is 10.1 Å². The number of amides is 1. The first-order chi connectivity index (χ1) is 10.4. The molecule has 0 radical (unpaired) electrons. The molecule has 2 aromatic rings. The summed E-state index contributed by atoms with van der Waals surface area (Å²) in [7, 11) is 0. The van der Waals surface area contributed by atoms with Crippen LogP contribution in [-0.2, 0) is 0 Å². The van der Waals surface area contributed by atoms with Gasteiger partial charge in [-0.2, -0.15) is 5.26 Å². The van der Waals surface area contributed by atoms with Crippen molar-refractivity contribution in [2.45, 2.75) is 13.8 Å². The molecule has 1 aromatic carbocycles. The molecule has 0 saturated heterocycles. The number of benzene rings is 1. The Morgan fingerprint density at radius 1 is 1.32 bits per heavy atom. The average Bonchev–Trinajstić information content (AvgIpc) is 2.73. The first-order valence-electron chi connectivity index (χ1n) is 6.30. The monoisotopic (exact) mass is 349 g/mol. The fourth-order valence-corrected chi connectivity index (χ4v) is 3.16. The molecule has 0 aliphatic rings. The largest absolute Gasteiger partial charge is 0.323 e. The minimum atomic E-state index is -0.335. The number of hydrogen-bond donors (Lipinski definition) is 2. The Bertz CT molecular complexity index is 775. The van der Waals surface area contributed by atoms with E-state index in [1.54, 1.807) is 24.3 Å². The van der Waals surface area contributed by atoms with Gasteiger partial charge in [-0.05, 0) is 55.9 Å². The van der Waals surface area contributed by atoms with Crippen LogP contribution >= 0.6 is 35.2 Å². The van der Waals surface area contributed by atoms with Gasteiger partial charge < -0.3 is 5.32 Å². The van der Waals surface area contributed by atoms with E-state index >= 15 is 0 Å². The molecule has 4 nitrogen and oxygen atoms in total. The summed E-state index contributed by atoms with van der Waals surface area (Å²) in [6.45, 7) is 3.81. The van der Waals surface area contributed by atoms with Crippen molar-refractivity contribution in [1.82, 2.24) is 5.32 Å². The van der Waals surface area contributed by atoms with Crippen molar-refractivity contribution in [3.8, 4) is 6.07 Å². The molecule has 7 heteroatoms. The Balaban J connectivity index is 2.08. The van der Waals surface area contributed by atoms with Crippen LogP contribution < -0.4 is 10.6 Å². The zero-order valence-electron chi connectivity index (χ0n) is 11.9. The van der Waals surface area contributed by atoms with Gasteiger partial charge in [-0.25, -0.2) is 0 Å². The number of nitrogens with zero attached hydrogens (tertiary/aromatic N) is 1. The topological polar surface area (TPSA) is 64.9 Å². The van der Waals surface area contributed by atoms with Gasteiger partial charge in [-0.15, -0.1) is 11.3 Å². The van der Waals surface area contributed by atoms with Crippen molar-refractivity contribution >= 4 is 51.2 Å². The lowest BCUT2D eigenvalue weighted by molar-refractivity contribution is 0.0978. The summed E-state index contributed by atoms with van der Waals surface area (Å²) >= 11 is 12.3. The van der Waals surface area contributed by atoms with E-state index in [4.69, 9.17) is 23.8 Å². The molecule has 1 aromatic heterocycles. The van der Waals surface area contributed by atoms with Crippen LogP contribution in [0.15, 0.2) is 24.3 Å². The van der Waals surface area contributed by atoms with Gasteiger partial charge in [0.05, 0.1) is 5.56 Å². The van der Waals surface area contributed by atoms with Gasteiger partial charge in [0.2, 0.25) is 0 Å². The fourth-order valence-electron chi connectivity index (χ4n) is 1.76. The Hall–Kier alpha value is -1.94. The minimum Gasteiger partial charge on any atom is -0.323 e. The predicted octanol–water partition coefficient (Wildman–Crippen LogP) is 4.02. The number of nitrogens with one attached hydrogen (secondary N) is 2. The van der Waals surface area contributed by atoms with Crippen molar-refractivity contribution in [3.05, 3.63) is 50.9 Å². The number of nitriles is 1. The van der Waals surface area contributed by atoms with E-state index in [2.05, 4.69) is 16.7 Å². The molecule has 0 spiro atoms. The first kappa shape index (κ1) is 16.4. The van der Waals surface area contributed by atoms with Gasteiger partial charge in [0.25, 0.3) is 5.91 Å². The number of hydrogen-bond acceptors (Lipinski definition) is 4. The number of halogens is 1. The highest BCUT2D eigenvalue weighted by atomic mass is 35.5. The highest BCUT2D eigenvalue weighted by Crippen LogP contribution is 2.31. The van der Waals surface area contributed by atoms with E-state index in [0.29, 0.717) is 21.2 Å². The molecule has 1 heterocycles. The summed E-state index contributed by atoms with van der Waals surface area (Å²) in [4.78, 5) is 13.1. The second kappa shape index (κ2) is 6.88. The van der Waals surface area contributed by atoms with Crippen LogP contribution in [0.25, 0.3) is 0 Å². The molecular formula is C15H12ClN3OS2. The van der Waals surface area contributed by atoms with E-state index < -0.39 is 0 Å². The zero-order valence-corrected chi connectivity index (χ0v) is 14.2. The molecule has 0 atom stereocenters. The molecular weight excluding hydrogens is 338 g/mol. The third kappa shape index (κ3) is 3.63. The summed E-state index contributed by atoms with van der Waals surface area (Å²) in [6, 6.07) is 8.63. The lowest BCUT2D eigenvalue weighted by Crippen LogP contribution is -2.34. The number of aryl methyl sites for hydroxylation is 1. The highest BCUT2D eigenvalue weighted by molar-refractivity contribution is 7.80. The summed E-state index contributed by atoms with van der Waals surface area (Å²) in [5, 5.41) is 16.0. The van der Waals surface area contributed by atoms with Crippen LogP contribution in [0.2, 0.25) is 5.02 Å². The molecule has 0 bridgehead atoms. The van der Waals surface area contributed by atoms with Crippen molar-refractivity contribution in [2.75, 3.05) is 5.32 Å². The number of rotatable bonds is 2. The SMILES string of the molecule is Cc1sc(NC(=S)NC(=O)c2ccc(Cl)cc2)c(C#N)c1C. The number of thiocarbonyl (C=S) groups is 1. The summed E-state index contributed by atoms with van der Waals surface area (Å²) in [5.74, 6) is -0.335. The average molecular weight is 350 g/mol. The third-order valence-electron chi connectivity index (χ3n) is 3.06. The summed E-state index contributed by atoms with van der Waals surface area (Å²) in [5.41, 5.74) is 1.92. The van der Waals surface area contributed by atoms with Crippen LogP contribution in [0.1, 0.15) is 26.4 Å². The number of carbonyl (C=O) groups is 1. The van der Waals surface area contributed by atoms with Crippen molar-refractivity contribution in [1.29, 1.82) is 5.26 Å². The molecule has 0 aliphatic heterocycles. The Labute approximate surface area is 142 Å². The maximum Gasteiger partial charge on any atom is 0.257 e. The van der Waals surface area contributed by atoms with Crippen molar-refractivity contribution in [3.63, 3.8) is 0 Å². The van der Waals surface area contributed by atoms with Gasteiger partial charge in [-0.3, -0.25) is 10.1 Å². The van der Waals surface area contributed by atoms with Gasteiger partial charge in [-0.1, -0.05) is 11.6 Å². The molecule has 0 unspecified atom stereocenters.